The molecule has 1 amide bonds. The monoisotopic (exact) mass is 345 g/mol. The predicted octanol–water partition coefficient (Wildman–Crippen LogP) is 3.92. The number of benzene rings is 2. The summed E-state index contributed by atoms with van der Waals surface area (Å²) in [4.78, 5) is 12.2. The van der Waals surface area contributed by atoms with Crippen LogP contribution in [0.1, 0.15) is 30.4 Å². The van der Waals surface area contributed by atoms with Crippen LogP contribution in [0.4, 0.5) is 0 Å². The molecule has 2 aromatic rings. The molecule has 0 aromatic heterocycles. The van der Waals surface area contributed by atoms with Crippen LogP contribution in [-0.2, 0) is 11.3 Å². The molecular formula is C19H20ClNO3. The summed E-state index contributed by atoms with van der Waals surface area (Å²) in [6.45, 7) is 3.68. The fraction of sp³-hybridized carbons (Fsp3) is 0.316. The van der Waals surface area contributed by atoms with E-state index < -0.39 is 0 Å². The number of carbonyl (C=O) groups is 1. The molecule has 2 aromatic carbocycles. The van der Waals surface area contributed by atoms with Crippen molar-refractivity contribution in [3.63, 3.8) is 0 Å². The van der Waals surface area contributed by atoms with E-state index in [0.29, 0.717) is 31.2 Å². The van der Waals surface area contributed by atoms with Gasteiger partial charge in [-0.05, 0) is 41.3 Å². The van der Waals surface area contributed by atoms with E-state index in [1.54, 1.807) is 0 Å². The summed E-state index contributed by atoms with van der Waals surface area (Å²) in [6.07, 6.45) is 0.424. The zero-order valence-corrected chi connectivity index (χ0v) is 14.3. The lowest BCUT2D eigenvalue weighted by atomic mass is 9.97. The van der Waals surface area contributed by atoms with Crippen molar-refractivity contribution in [2.45, 2.75) is 25.8 Å². The Kier molecular flexibility index (Phi) is 5.26. The lowest BCUT2D eigenvalue weighted by Gasteiger charge is -2.20. The first-order valence-corrected chi connectivity index (χ1v) is 8.40. The van der Waals surface area contributed by atoms with Gasteiger partial charge in [0.1, 0.15) is 13.2 Å². The summed E-state index contributed by atoms with van der Waals surface area (Å²) in [5.74, 6) is 1.65. The molecule has 1 heterocycles. The summed E-state index contributed by atoms with van der Waals surface area (Å²) in [6, 6.07) is 13.3. The fourth-order valence-corrected chi connectivity index (χ4v) is 2.76. The molecule has 1 N–H and O–H groups in total. The van der Waals surface area contributed by atoms with Crippen molar-refractivity contribution in [3.05, 3.63) is 58.6 Å². The van der Waals surface area contributed by atoms with Crippen molar-refractivity contribution in [1.82, 2.24) is 5.32 Å². The molecule has 0 spiro atoms. The predicted molar refractivity (Wildman–Crippen MR) is 93.8 cm³/mol. The Hall–Kier alpha value is -2.20. The Morgan fingerprint density at radius 2 is 1.83 bits per heavy atom. The normalized spacial score (nSPS) is 14.1. The summed E-state index contributed by atoms with van der Waals surface area (Å²) in [5, 5.41) is 3.64. The van der Waals surface area contributed by atoms with Crippen molar-refractivity contribution in [2.75, 3.05) is 13.2 Å². The van der Waals surface area contributed by atoms with Gasteiger partial charge in [-0.3, -0.25) is 4.79 Å². The number of carbonyl (C=O) groups excluding carboxylic acids is 1. The second kappa shape index (κ2) is 7.58. The second-order valence-electron chi connectivity index (χ2n) is 5.91. The van der Waals surface area contributed by atoms with Crippen LogP contribution in [0.2, 0.25) is 5.02 Å². The standard InChI is InChI=1S/C19H20ClNO3/c1-13(15-4-7-17-18(11-15)24-9-8-23-17)10-19(22)21-12-14-2-5-16(20)6-3-14/h2-7,11,13H,8-10,12H2,1H3,(H,21,22). The van der Waals surface area contributed by atoms with Gasteiger partial charge in [0.05, 0.1) is 0 Å². The van der Waals surface area contributed by atoms with Gasteiger partial charge in [0.2, 0.25) is 5.91 Å². The van der Waals surface area contributed by atoms with E-state index in [-0.39, 0.29) is 11.8 Å². The van der Waals surface area contributed by atoms with E-state index in [2.05, 4.69) is 5.32 Å². The van der Waals surface area contributed by atoms with Crippen LogP contribution in [0.5, 0.6) is 11.5 Å². The maximum absolute atomic E-state index is 12.2. The third-order valence-corrected chi connectivity index (χ3v) is 4.28. The molecule has 1 aliphatic heterocycles. The van der Waals surface area contributed by atoms with Crippen LogP contribution in [0.3, 0.4) is 0 Å². The molecule has 126 valence electrons. The number of nitrogens with one attached hydrogen (secondary N) is 1. The van der Waals surface area contributed by atoms with Crippen molar-refractivity contribution in [3.8, 4) is 11.5 Å². The minimum absolute atomic E-state index is 0.0207. The Bertz CT molecular complexity index is 715. The molecule has 0 saturated carbocycles. The van der Waals surface area contributed by atoms with Gasteiger partial charge < -0.3 is 14.8 Å². The van der Waals surface area contributed by atoms with Crippen LogP contribution >= 0.6 is 11.6 Å². The number of halogens is 1. The number of hydrogen-bond acceptors (Lipinski definition) is 3. The average molecular weight is 346 g/mol. The molecule has 0 fully saturated rings. The first-order chi connectivity index (χ1) is 11.6. The third kappa shape index (κ3) is 4.20. The van der Waals surface area contributed by atoms with Crippen LogP contribution in [0, 0.1) is 0 Å². The minimum atomic E-state index is 0.0207. The van der Waals surface area contributed by atoms with Crippen molar-refractivity contribution >= 4 is 17.5 Å². The maximum atomic E-state index is 12.2. The van der Waals surface area contributed by atoms with E-state index in [1.807, 2.05) is 49.4 Å². The van der Waals surface area contributed by atoms with Gasteiger partial charge in [-0.1, -0.05) is 36.7 Å². The Morgan fingerprint density at radius 3 is 2.58 bits per heavy atom. The number of fused-ring (bicyclic) bond motifs is 1. The quantitative estimate of drug-likeness (QED) is 0.893. The van der Waals surface area contributed by atoms with Crippen molar-refractivity contribution in [2.24, 2.45) is 0 Å². The maximum Gasteiger partial charge on any atom is 0.220 e. The first kappa shape index (κ1) is 16.7. The Morgan fingerprint density at radius 1 is 1.12 bits per heavy atom. The van der Waals surface area contributed by atoms with Gasteiger partial charge in [0, 0.05) is 18.0 Å². The molecule has 0 bridgehead atoms. The van der Waals surface area contributed by atoms with Gasteiger partial charge in [-0.2, -0.15) is 0 Å². The van der Waals surface area contributed by atoms with Gasteiger partial charge in [0.15, 0.2) is 11.5 Å². The summed E-state index contributed by atoms with van der Waals surface area (Å²) in [7, 11) is 0. The topological polar surface area (TPSA) is 47.6 Å². The van der Waals surface area contributed by atoms with Crippen LogP contribution in [-0.4, -0.2) is 19.1 Å². The SMILES string of the molecule is CC(CC(=O)NCc1ccc(Cl)cc1)c1ccc2c(c1)OCCO2. The lowest BCUT2D eigenvalue weighted by molar-refractivity contribution is -0.121. The molecule has 0 saturated heterocycles. The summed E-state index contributed by atoms with van der Waals surface area (Å²) >= 11 is 5.86. The number of rotatable bonds is 5. The fourth-order valence-electron chi connectivity index (χ4n) is 2.64. The Balaban J connectivity index is 1.55. The largest absolute Gasteiger partial charge is 0.486 e. The molecule has 0 aliphatic carbocycles. The van der Waals surface area contributed by atoms with E-state index in [4.69, 9.17) is 21.1 Å². The zero-order valence-electron chi connectivity index (χ0n) is 13.5. The van der Waals surface area contributed by atoms with Crippen molar-refractivity contribution < 1.29 is 14.3 Å². The van der Waals surface area contributed by atoms with E-state index in [1.165, 1.54) is 0 Å². The summed E-state index contributed by atoms with van der Waals surface area (Å²) < 4.78 is 11.1. The van der Waals surface area contributed by atoms with Gasteiger partial charge >= 0.3 is 0 Å². The van der Waals surface area contributed by atoms with Gasteiger partial charge in [0.25, 0.3) is 0 Å². The molecule has 5 heteroatoms. The van der Waals surface area contributed by atoms with E-state index >= 15 is 0 Å². The highest BCUT2D eigenvalue weighted by atomic mass is 35.5. The third-order valence-electron chi connectivity index (χ3n) is 4.03. The second-order valence-corrected chi connectivity index (χ2v) is 6.35. The lowest BCUT2D eigenvalue weighted by Crippen LogP contribution is -2.24. The molecule has 3 rings (SSSR count). The van der Waals surface area contributed by atoms with Gasteiger partial charge in [-0.15, -0.1) is 0 Å². The Labute approximate surface area is 146 Å². The number of amides is 1. The molecule has 1 aliphatic rings. The molecule has 0 radical (unpaired) electrons. The highest BCUT2D eigenvalue weighted by molar-refractivity contribution is 6.30. The van der Waals surface area contributed by atoms with E-state index in [9.17, 15) is 4.79 Å². The van der Waals surface area contributed by atoms with Crippen LogP contribution in [0.25, 0.3) is 0 Å². The number of hydrogen-bond donors (Lipinski definition) is 1. The molecule has 4 nitrogen and oxygen atoms in total. The van der Waals surface area contributed by atoms with Gasteiger partial charge in [-0.25, -0.2) is 0 Å². The first-order valence-electron chi connectivity index (χ1n) is 8.02. The molecule has 24 heavy (non-hydrogen) atoms. The minimum Gasteiger partial charge on any atom is -0.486 e. The zero-order chi connectivity index (χ0) is 16.9. The number of ether oxygens (including phenoxy) is 2. The highest BCUT2D eigenvalue weighted by Gasteiger charge is 2.16. The van der Waals surface area contributed by atoms with Crippen LogP contribution < -0.4 is 14.8 Å². The smallest absolute Gasteiger partial charge is 0.220 e. The highest BCUT2D eigenvalue weighted by Crippen LogP contribution is 2.33. The summed E-state index contributed by atoms with van der Waals surface area (Å²) in [5.41, 5.74) is 2.10. The average Bonchev–Trinajstić information content (AvgIpc) is 2.61. The van der Waals surface area contributed by atoms with Crippen LogP contribution in [0.15, 0.2) is 42.5 Å². The molecule has 1 unspecified atom stereocenters. The van der Waals surface area contributed by atoms with E-state index in [0.717, 1.165) is 22.6 Å². The molecule has 1 atom stereocenters. The molecular weight excluding hydrogens is 326 g/mol. The van der Waals surface area contributed by atoms with Crippen molar-refractivity contribution in [1.29, 1.82) is 0 Å².